The first-order chi connectivity index (χ1) is 13.1. The van der Waals surface area contributed by atoms with Gasteiger partial charge in [0.1, 0.15) is 0 Å². The Labute approximate surface area is 162 Å². The summed E-state index contributed by atoms with van der Waals surface area (Å²) in [5, 5.41) is 2.09. The number of hydrogen-bond acceptors (Lipinski definition) is 4. The van der Waals surface area contributed by atoms with E-state index in [-0.39, 0.29) is 11.7 Å². The molecule has 1 atom stereocenters. The molecule has 0 amide bonds. The zero-order valence-corrected chi connectivity index (χ0v) is 16.7. The van der Waals surface area contributed by atoms with Crippen LogP contribution in [0.3, 0.4) is 0 Å². The van der Waals surface area contributed by atoms with Gasteiger partial charge in [0.25, 0.3) is 5.56 Å². The Morgan fingerprint density at radius 3 is 2.74 bits per heavy atom. The smallest absolute Gasteiger partial charge is 0.297 e. The van der Waals surface area contributed by atoms with Crippen LogP contribution in [-0.2, 0) is 18.3 Å². The molecule has 142 valence electrons. The van der Waals surface area contributed by atoms with Gasteiger partial charge in [-0.2, -0.15) is 0 Å². The van der Waals surface area contributed by atoms with Gasteiger partial charge in [0.15, 0.2) is 10.5 Å². The van der Waals surface area contributed by atoms with E-state index in [1.54, 1.807) is 16.0 Å². The third kappa shape index (κ3) is 3.33. The molecule has 6 nitrogen and oxygen atoms in total. The minimum atomic E-state index is -0.101. The summed E-state index contributed by atoms with van der Waals surface area (Å²) >= 11 is 1.57. The van der Waals surface area contributed by atoms with Crippen LogP contribution in [0.5, 0.6) is 0 Å². The minimum absolute atomic E-state index is 0.101. The van der Waals surface area contributed by atoms with Crippen molar-refractivity contribution in [3.05, 3.63) is 62.3 Å². The molecule has 3 aromatic rings. The molecule has 0 radical (unpaired) electrons. The molecule has 0 spiro atoms. The first-order valence-corrected chi connectivity index (χ1v) is 10.1. The quantitative estimate of drug-likeness (QED) is 0.694. The molecule has 4 rings (SSSR count). The van der Waals surface area contributed by atoms with Crippen molar-refractivity contribution < 1.29 is 4.74 Å². The summed E-state index contributed by atoms with van der Waals surface area (Å²) in [6, 6.07) is 9.66. The molecule has 7 heteroatoms. The standard InChI is InChI=1S/C20H24N4O2S/c1-14-13-27-20(23(14)12-17-10-7-11-26-17)21-18-15(2)22(3)24(19(18)25)16-8-5-4-6-9-16/h4-6,8-9,13,17H,7,10-12H2,1-3H3. The minimum Gasteiger partial charge on any atom is -0.376 e. The Morgan fingerprint density at radius 2 is 2.04 bits per heavy atom. The van der Waals surface area contributed by atoms with Crippen LogP contribution >= 0.6 is 11.3 Å². The largest absolute Gasteiger partial charge is 0.376 e. The molecule has 1 aliphatic rings. The van der Waals surface area contributed by atoms with E-state index in [9.17, 15) is 4.79 Å². The molecule has 3 heterocycles. The molecule has 27 heavy (non-hydrogen) atoms. The van der Waals surface area contributed by atoms with Gasteiger partial charge in [0.05, 0.1) is 24.0 Å². The van der Waals surface area contributed by atoms with Crippen LogP contribution in [0, 0.1) is 13.8 Å². The predicted molar refractivity (Wildman–Crippen MR) is 107 cm³/mol. The third-order valence-corrected chi connectivity index (χ3v) is 6.11. The number of aryl methyl sites for hydroxylation is 1. The van der Waals surface area contributed by atoms with Crippen LogP contribution in [-0.4, -0.2) is 26.6 Å². The Hall–Kier alpha value is -2.38. The summed E-state index contributed by atoms with van der Waals surface area (Å²) in [7, 11) is 1.89. The van der Waals surface area contributed by atoms with Gasteiger partial charge >= 0.3 is 0 Å². The second kappa shape index (κ2) is 7.32. The first-order valence-electron chi connectivity index (χ1n) is 9.21. The van der Waals surface area contributed by atoms with E-state index in [2.05, 4.69) is 16.9 Å². The van der Waals surface area contributed by atoms with Crippen LogP contribution in [0.1, 0.15) is 24.2 Å². The summed E-state index contributed by atoms with van der Waals surface area (Å²) < 4.78 is 11.5. The number of aromatic nitrogens is 3. The van der Waals surface area contributed by atoms with Crippen molar-refractivity contribution in [2.24, 2.45) is 12.0 Å². The van der Waals surface area contributed by atoms with Crippen molar-refractivity contribution in [2.45, 2.75) is 39.3 Å². The Morgan fingerprint density at radius 1 is 1.26 bits per heavy atom. The maximum atomic E-state index is 13.1. The Balaban J connectivity index is 1.81. The second-order valence-electron chi connectivity index (χ2n) is 6.93. The predicted octanol–water partition coefficient (Wildman–Crippen LogP) is 3.07. The number of benzene rings is 1. The average molecular weight is 385 g/mol. The van der Waals surface area contributed by atoms with Gasteiger partial charge in [0, 0.05) is 24.7 Å². The van der Waals surface area contributed by atoms with E-state index in [0.717, 1.165) is 47.9 Å². The molecule has 1 aliphatic heterocycles. The van der Waals surface area contributed by atoms with E-state index in [0.29, 0.717) is 5.69 Å². The highest BCUT2D eigenvalue weighted by atomic mass is 32.1. The van der Waals surface area contributed by atoms with E-state index in [1.165, 1.54) is 0 Å². The number of hydrogen-bond donors (Lipinski definition) is 0. The SMILES string of the molecule is Cc1csc(=Nc2c(C)n(C)n(-c3ccccc3)c2=O)n1CC1CCCO1. The van der Waals surface area contributed by atoms with E-state index in [1.807, 2.05) is 49.0 Å². The lowest BCUT2D eigenvalue weighted by atomic mass is 10.2. The fraction of sp³-hybridized carbons (Fsp3) is 0.400. The lowest BCUT2D eigenvalue weighted by molar-refractivity contribution is 0.0959. The Kier molecular flexibility index (Phi) is 4.88. The average Bonchev–Trinajstić information content (AvgIpc) is 3.35. The molecule has 1 aromatic carbocycles. The van der Waals surface area contributed by atoms with Crippen LogP contribution in [0.25, 0.3) is 5.69 Å². The molecule has 0 aliphatic carbocycles. The summed E-state index contributed by atoms with van der Waals surface area (Å²) in [4.78, 5) is 18.7. The molecule has 0 saturated carbocycles. The third-order valence-electron chi connectivity index (χ3n) is 5.13. The summed E-state index contributed by atoms with van der Waals surface area (Å²) in [6.07, 6.45) is 2.42. The van der Waals surface area contributed by atoms with Gasteiger partial charge in [0.2, 0.25) is 0 Å². The second-order valence-corrected chi connectivity index (χ2v) is 7.76. The summed E-state index contributed by atoms with van der Waals surface area (Å²) in [5.41, 5.74) is 3.22. The molecule has 1 saturated heterocycles. The number of thiazole rings is 1. The highest BCUT2D eigenvalue weighted by molar-refractivity contribution is 7.07. The number of nitrogens with zero attached hydrogens (tertiary/aromatic N) is 4. The normalized spacial score (nSPS) is 17.7. The fourth-order valence-electron chi connectivity index (χ4n) is 3.50. The number of rotatable bonds is 4. The van der Waals surface area contributed by atoms with Gasteiger partial charge in [-0.15, -0.1) is 11.3 Å². The first kappa shape index (κ1) is 18.0. The van der Waals surface area contributed by atoms with Crippen molar-refractivity contribution in [3.8, 4) is 5.69 Å². The van der Waals surface area contributed by atoms with Crippen LogP contribution < -0.4 is 10.4 Å². The zero-order valence-electron chi connectivity index (χ0n) is 15.9. The van der Waals surface area contributed by atoms with Crippen LogP contribution in [0.2, 0.25) is 0 Å². The van der Waals surface area contributed by atoms with Crippen molar-refractivity contribution in [1.82, 2.24) is 13.9 Å². The van der Waals surface area contributed by atoms with Crippen molar-refractivity contribution in [2.75, 3.05) is 6.61 Å². The Bertz CT molecular complexity index is 1070. The lowest BCUT2D eigenvalue weighted by Gasteiger charge is -2.11. The topological polar surface area (TPSA) is 53.5 Å². The summed E-state index contributed by atoms with van der Waals surface area (Å²) in [5.74, 6) is 0. The molecular formula is C20H24N4O2S. The molecular weight excluding hydrogens is 360 g/mol. The van der Waals surface area contributed by atoms with Crippen molar-refractivity contribution in [1.29, 1.82) is 0 Å². The molecule has 0 N–H and O–H groups in total. The van der Waals surface area contributed by atoms with Crippen LogP contribution in [0.15, 0.2) is 45.5 Å². The van der Waals surface area contributed by atoms with Crippen molar-refractivity contribution >= 4 is 17.0 Å². The van der Waals surface area contributed by atoms with E-state index < -0.39 is 0 Å². The maximum Gasteiger partial charge on any atom is 0.297 e. The molecule has 1 unspecified atom stereocenters. The van der Waals surface area contributed by atoms with Gasteiger partial charge in [-0.1, -0.05) is 18.2 Å². The van der Waals surface area contributed by atoms with Gasteiger partial charge in [-0.3, -0.25) is 9.48 Å². The highest BCUT2D eigenvalue weighted by Crippen LogP contribution is 2.18. The van der Waals surface area contributed by atoms with E-state index >= 15 is 0 Å². The lowest BCUT2D eigenvalue weighted by Crippen LogP contribution is -2.24. The zero-order chi connectivity index (χ0) is 19.0. The van der Waals surface area contributed by atoms with Gasteiger partial charge in [-0.05, 0) is 38.8 Å². The van der Waals surface area contributed by atoms with Gasteiger partial charge in [-0.25, -0.2) is 9.67 Å². The number of para-hydroxylation sites is 1. The van der Waals surface area contributed by atoms with E-state index in [4.69, 9.17) is 9.73 Å². The molecule has 0 bridgehead atoms. The summed E-state index contributed by atoms with van der Waals surface area (Å²) in [6.45, 7) is 5.63. The highest BCUT2D eigenvalue weighted by Gasteiger charge is 2.19. The number of ether oxygens (including phenoxy) is 1. The van der Waals surface area contributed by atoms with Crippen molar-refractivity contribution in [3.63, 3.8) is 0 Å². The van der Waals surface area contributed by atoms with Gasteiger partial charge < -0.3 is 9.30 Å². The molecule has 1 fully saturated rings. The monoisotopic (exact) mass is 384 g/mol. The fourth-order valence-corrected chi connectivity index (χ4v) is 4.39. The van der Waals surface area contributed by atoms with Crippen LogP contribution in [0.4, 0.5) is 5.69 Å². The maximum absolute atomic E-state index is 13.1. The molecule has 2 aromatic heterocycles.